The second-order valence-corrected chi connectivity index (χ2v) is 7.30. The molecule has 4 nitrogen and oxygen atoms in total. The number of rotatable bonds is 2. The Bertz CT molecular complexity index is 588. The summed E-state index contributed by atoms with van der Waals surface area (Å²) in [5.41, 5.74) is 0.310. The zero-order chi connectivity index (χ0) is 13.3. The first kappa shape index (κ1) is 13.5. The highest BCUT2D eigenvalue weighted by molar-refractivity contribution is 9.10. The molecular weight excluding hydrogens is 325 g/mol. The highest BCUT2D eigenvalue weighted by Gasteiger charge is 2.33. The highest BCUT2D eigenvalue weighted by Crippen LogP contribution is 2.25. The molecule has 18 heavy (non-hydrogen) atoms. The number of benzene rings is 1. The third-order valence-electron chi connectivity index (χ3n) is 2.79. The van der Waals surface area contributed by atoms with Gasteiger partial charge in [-0.05, 0) is 40.5 Å². The van der Waals surface area contributed by atoms with E-state index in [1.54, 1.807) is 0 Å². The fraction of sp³-hybridized carbons (Fsp3) is 0.364. The van der Waals surface area contributed by atoms with Gasteiger partial charge in [-0.25, -0.2) is 12.8 Å². The van der Waals surface area contributed by atoms with Crippen LogP contribution >= 0.6 is 15.9 Å². The van der Waals surface area contributed by atoms with Crippen molar-refractivity contribution < 1.29 is 17.6 Å². The number of amides is 1. The molecule has 1 aromatic rings. The predicted octanol–water partition coefficient (Wildman–Crippen LogP) is 1.96. The minimum atomic E-state index is -3.10. The van der Waals surface area contributed by atoms with Crippen molar-refractivity contribution in [1.82, 2.24) is 0 Å². The van der Waals surface area contributed by atoms with Crippen LogP contribution in [0.1, 0.15) is 6.42 Å². The molecule has 0 aliphatic carbocycles. The van der Waals surface area contributed by atoms with Gasteiger partial charge in [-0.3, -0.25) is 4.79 Å². The van der Waals surface area contributed by atoms with Gasteiger partial charge >= 0.3 is 0 Å². The van der Waals surface area contributed by atoms with Crippen molar-refractivity contribution in [1.29, 1.82) is 0 Å². The van der Waals surface area contributed by atoms with Crippen LogP contribution in [0.2, 0.25) is 0 Å². The molecule has 1 heterocycles. The summed E-state index contributed by atoms with van der Waals surface area (Å²) in [6.45, 7) is 0. The van der Waals surface area contributed by atoms with Gasteiger partial charge in [-0.15, -0.1) is 0 Å². The highest BCUT2D eigenvalue weighted by atomic mass is 79.9. The van der Waals surface area contributed by atoms with Crippen LogP contribution in [-0.2, 0) is 14.6 Å². The lowest BCUT2D eigenvalue weighted by atomic mass is 10.1. The summed E-state index contributed by atoms with van der Waals surface area (Å²) in [5.74, 6) is -1.50. The van der Waals surface area contributed by atoms with Gasteiger partial charge in [-0.2, -0.15) is 0 Å². The summed E-state index contributed by atoms with van der Waals surface area (Å²) < 4.78 is 36.1. The zero-order valence-electron chi connectivity index (χ0n) is 9.32. The van der Waals surface area contributed by atoms with Gasteiger partial charge in [0.15, 0.2) is 9.84 Å². The topological polar surface area (TPSA) is 63.2 Å². The molecule has 1 saturated heterocycles. The predicted molar refractivity (Wildman–Crippen MR) is 69.5 cm³/mol. The van der Waals surface area contributed by atoms with E-state index in [4.69, 9.17) is 0 Å². The number of anilines is 1. The van der Waals surface area contributed by atoms with E-state index in [0.717, 1.165) is 0 Å². The van der Waals surface area contributed by atoms with Crippen molar-refractivity contribution in [3.8, 4) is 0 Å². The molecule has 1 amide bonds. The summed E-state index contributed by atoms with van der Waals surface area (Å²) in [6, 6.07) is 3.93. The van der Waals surface area contributed by atoms with Crippen molar-refractivity contribution in [2.45, 2.75) is 6.42 Å². The number of hydrogen-bond donors (Lipinski definition) is 1. The average molecular weight is 336 g/mol. The van der Waals surface area contributed by atoms with Gasteiger partial charge in [-0.1, -0.05) is 0 Å². The summed E-state index contributed by atoms with van der Waals surface area (Å²) in [7, 11) is -3.10. The maximum Gasteiger partial charge on any atom is 0.228 e. The smallest absolute Gasteiger partial charge is 0.228 e. The van der Waals surface area contributed by atoms with Gasteiger partial charge < -0.3 is 5.32 Å². The largest absolute Gasteiger partial charge is 0.325 e. The van der Waals surface area contributed by atoms with E-state index in [9.17, 15) is 17.6 Å². The average Bonchev–Trinajstić information content (AvgIpc) is 2.64. The van der Waals surface area contributed by atoms with Crippen molar-refractivity contribution in [2.75, 3.05) is 16.8 Å². The minimum Gasteiger partial charge on any atom is -0.325 e. The SMILES string of the molecule is O=C(Nc1cc(F)ccc1Br)C1CCS(=O)(=O)C1. The zero-order valence-corrected chi connectivity index (χ0v) is 11.7. The van der Waals surface area contributed by atoms with Gasteiger partial charge in [0.2, 0.25) is 5.91 Å². The molecule has 1 atom stereocenters. The van der Waals surface area contributed by atoms with Crippen LogP contribution in [0.5, 0.6) is 0 Å². The van der Waals surface area contributed by atoms with Crippen molar-refractivity contribution >= 4 is 37.4 Å². The van der Waals surface area contributed by atoms with Gasteiger partial charge in [0, 0.05) is 4.47 Å². The Morgan fingerprint density at radius 3 is 2.78 bits per heavy atom. The van der Waals surface area contributed by atoms with Crippen molar-refractivity contribution in [2.24, 2.45) is 5.92 Å². The fourth-order valence-electron chi connectivity index (χ4n) is 1.83. The lowest BCUT2D eigenvalue weighted by Gasteiger charge is -2.10. The Balaban J connectivity index is 2.10. The minimum absolute atomic E-state index is 0.0371. The molecule has 0 spiro atoms. The van der Waals surface area contributed by atoms with E-state index in [2.05, 4.69) is 21.2 Å². The summed E-state index contributed by atoms with van der Waals surface area (Å²) in [4.78, 5) is 11.8. The molecule has 7 heteroatoms. The van der Waals surface area contributed by atoms with E-state index < -0.39 is 21.6 Å². The van der Waals surface area contributed by atoms with E-state index in [0.29, 0.717) is 16.6 Å². The van der Waals surface area contributed by atoms with Crippen molar-refractivity contribution in [3.63, 3.8) is 0 Å². The van der Waals surface area contributed by atoms with Crippen LogP contribution in [0.3, 0.4) is 0 Å². The van der Waals surface area contributed by atoms with Gasteiger partial charge in [0.25, 0.3) is 0 Å². The molecule has 1 N–H and O–H groups in total. The summed E-state index contributed by atoms with van der Waals surface area (Å²) in [5, 5.41) is 2.54. The fourth-order valence-corrected chi connectivity index (χ4v) is 3.92. The molecule has 0 saturated carbocycles. The number of carbonyl (C=O) groups is 1. The maximum atomic E-state index is 13.0. The summed E-state index contributed by atoms with van der Waals surface area (Å²) in [6.07, 6.45) is 0.321. The number of halogens is 2. The third kappa shape index (κ3) is 3.08. The molecule has 1 fully saturated rings. The molecular formula is C11H11BrFNO3S. The Labute approximate surface area is 113 Å². The van der Waals surface area contributed by atoms with Crippen LogP contribution in [0.25, 0.3) is 0 Å². The second-order valence-electron chi connectivity index (χ2n) is 4.21. The first-order chi connectivity index (χ1) is 8.37. The first-order valence-electron chi connectivity index (χ1n) is 5.34. The molecule has 1 aliphatic heterocycles. The van der Waals surface area contributed by atoms with E-state index in [1.165, 1.54) is 18.2 Å². The second kappa shape index (κ2) is 4.97. The van der Waals surface area contributed by atoms with Crippen LogP contribution < -0.4 is 5.32 Å². The van der Waals surface area contributed by atoms with Gasteiger partial charge in [0.1, 0.15) is 5.82 Å². The Kier molecular flexibility index (Phi) is 3.72. The van der Waals surface area contributed by atoms with Crippen LogP contribution in [0.15, 0.2) is 22.7 Å². The van der Waals surface area contributed by atoms with Crippen LogP contribution in [0, 0.1) is 11.7 Å². The lowest BCUT2D eigenvalue weighted by molar-refractivity contribution is -0.119. The molecule has 2 rings (SSSR count). The van der Waals surface area contributed by atoms with Crippen molar-refractivity contribution in [3.05, 3.63) is 28.5 Å². The van der Waals surface area contributed by atoms with Crippen LogP contribution in [0.4, 0.5) is 10.1 Å². The molecule has 0 aromatic heterocycles. The number of nitrogens with one attached hydrogen (secondary N) is 1. The first-order valence-corrected chi connectivity index (χ1v) is 7.95. The third-order valence-corrected chi connectivity index (χ3v) is 5.25. The molecule has 1 aliphatic rings. The maximum absolute atomic E-state index is 13.0. The Hall–Kier alpha value is -0.950. The van der Waals surface area contributed by atoms with E-state index in [1.807, 2.05) is 0 Å². The monoisotopic (exact) mass is 335 g/mol. The quantitative estimate of drug-likeness (QED) is 0.898. The molecule has 1 unspecified atom stereocenters. The molecule has 98 valence electrons. The number of carbonyl (C=O) groups excluding carboxylic acids is 1. The normalized spacial score (nSPS) is 21.8. The molecule has 0 radical (unpaired) electrons. The van der Waals surface area contributed by atoms with Gasteiger partial charge in [0.05, 0.1) is 23.1 Å². The summed E-state index contributed by atoms with van der Waals surface area (Å²) >= 11 is 3.19. The van der Waals surface area contributed by atoms with Crippen LogP contribution in [-0.4, -0.2) is 25.8 Å². The van der Waals surface area contributed by atoms with E-state index >= 15 is 0 Å². The molecule has 0 bridgehead atoms. The molecule has 1 aromatic carbocycles. The lowest BCUT2D eigenvalue weighted by Crippen LogP contribution is -2.23. The van der Waals surface area contributed by atoms with E-state index in [-0.39, 0.29) is 17.4 Å². The number of sulfone groups is 1. The Morgan fingerprint density at radius 2 is 2.17 bits per heavy atom. The Morgan fingerprint density at radius 1 is 1.44 bits per heavy atom. The standard InChI is InChI=1S/C11H11BrFNO3S/c12-9-2-1-8(13)5-10(9)14-11(15)7-3-4-18(16,17)6-7/h1-2,5,7H,3-4,6H2,(H,14,15). The number of hydrogen-bond acceptors (Lipinski definition) is 3.